The zero-order valence-corrected chi connectivity index (χ0v) is 14.3. The number of rotatable bonds is 5. The van der Waals surface area contributed by atoms with Gasteiger partial charge in [-0.2, -0.15) is 0 Å². The molecule has 1 heterocycles. The highest BCUT2D eigenvalue weighted by atomic mass is 35.5. The molecule has 1 amide bonds. The molecule has 2 aromatic rings. The predicted molar refractivity (Wildman–Crippen MR) is 95.6 cm³/mol. The average molecular weight is 345 g/mol. The van der Waals surface area contributed by atoms with Crippen LogP contribution in [0.2, 0.25) is 5.02 Å². The van der Waals surface area contributed by atoms with E-state index in [1.165, 1.54) is 12.8 Å². The van der Waals surface area contributed by atoms with Crippen LogP contribution in [-0.4, -0.2) is 42.6 Å². The van der Waals surface area contributed by atoms with Gasteiger partial charge in [-0.05, 0) is 31.4 Å². The Kier molecular flexibility index (Phi) is 4.33. The minimum absolute atomic E-state index is 0.0333. The zero-order valence-electron chi connectivity index (χ0n) is 13.5. The van der Waals surface area contributed by atoms with Crippen molar-refractivity contribution in [2.75, 3.05) is 19.7 Å². The van der Waals surface area contributed by atoms with Crippen LogP contribution in [0.3, 0.4) is 0 Å². The number of fused-ring (bicyclic) bond motifs is 1. The van der Waals surface area contributed by atoms with Crippen LogP contribution in [0.25, 0.3) is 10.8 Å². The normalized spacial score (nSPS) is 21.1. The Labute approximate surface area is 146 Å². The molecule has 2 fully saturated rings. The highest BCUT2D eigenvalue weighted by molar-refractivity contribution is 6.35. The molecule has 1 aliphatic carbocycles. The van der Waals surface area contributed by atoms with Gasteiger partial charge in [-0.25, -0.2) is 0 Å². The zero-order chi connectivity index (χ0) is 16.5. The van der Waals surface area contributed by atoms with Crippen molar-refractivity contribution in [1.29, 1.82) is 0 Å². The molecule has 4 rings (SSSR count). The third-order valence-electron chi connectivity index (χ3n) is 4.84. The summed E-state index contributed by atoms with van der Waals surface area (Å²) in [6.45, 7) is 2.10. The topological polar surface area (TPSA) is 41.6 Å². The maximum Gasteiger partial charge on any atom is 0.258 e. The second-order valence-corrected chi connectivity index (χ2v) is 7.07. The number of amides is 1. The van der Waals surface area contributed by atoms with Crippen molar-refractivity contribution < 1.29 is 9.53 Å². The fourth-order valence-corrected chi connectivity index (χ4v) is 3.68. The number of carbonyl (C=O) groups excluding carboxylic acids is 1. The summed E-state index contributed by atoms with van der Waals surface area (Å²) in [5.41, 5.74) is 0. The highest BCUT2D eigenvalue weighted by Crippen LogP contribution is 2.31. The van der Waals surface area contributed by atoms with E-state index in [0.29, 0.717) is 10.8 Å². The molecule has 2 aliphatic rings. The molecule has 24 heavy (non-hydrogen) atoms. The number of benzene rings is 2. The molecule has 0 spiro atoms. The number of hydrogen-bond acceptors (Lipinski definition) is 3. The van der Waals surface area contributed by atoms with Crippen molar-refractivity contribution >= 4 is 28.3 Å². The fraction of sp³-hybridized carbons (Fsp3) is 0.421. The van der Waals surface area contributed by atoms with E-state index in [2.05, 4.69) is 10.2 Å². The van der Waals surface area contributed by atoms with Crippen molar-refractivity contribution in [2.24, 2.45) is 0 Å². The van der Waals surface area contributed by atoms with E-state index in [1.807, 2.05) is 36.4 Å². The van der Waals surface area contributed by atoms with Crippen LogP contribution >= 0.6 is 11.6 Å². The molecule has 1 atom stereocenters. The SMILES string of the molecule is O=C(COc1ccc(Cl)c2ccccc12)N[C@H]1CCN(C2CC2)C1. The third kappa shape index (κ3) is 3.35. The molecule has 0 bridgehead atoms. The van der Waals surface area contributed by atoms with Gasteiger partial charge in [-0.3, -0.25) is 9.69 Å². The lowest BCUT2D eigenvalue weighted by atomic mass is 10.1. The van der Waals surface area contributed by atoms with Gasteiger partial charge in [0.2, 0.25) is 0 Å². The van der Waals surface area contributed by atoms with E-state index < -0.39 is 0 Å². The highest BCUT2D eigenvalue weighted by Gasteiger charge is 2.34. The van der Waals surface area contributed by atoms with Gasteiger partial charge in [-0.15, -0.1) is 0 Å². The quantitative estimate of drug-likeness (QED) is 0.905. The van der Waals surface area contributed by atoms with Crippen LogP contribution in [0.4, 0.5) is 0 Å². The largest absolute Gasteiger partial charge is 0.483 e. The van der Waals surface area contributed by atoms with E-state index in [-0.39, 0.29) is 18.6 Å². The first-order valence-electron chi connectivity index (χ1n) is 8.54. The minimum atomic E-state index is -0.0586. The number of likely N-dealkylation sites (tertiary alicyclic amines) is 1. The molecular formula is C19H21ClN2O2. The standard InChI is InChI=1S/C19H21ClN2O2/c20-17-7-8-18(16-4-2-1-3-15(16)17)24-12-19(23)21-13-9-10-22(11-13)14-5-6-14/h1-4,7-8,13-14H,5-6,9-12H2,(H,21,23)/t13-/m0/s1. The Hall–Kier alpha value is -1.78. The summed E-state index contributed by atoms with van der Waals surface area (Å²) >= 11 is 6.21. The second kappa shape index (κ2) is 6.61. The predicted octanol–water partition coefficient (Wildman–Crippen LogP) is 3.22. The summed E-state index contributed by atoms with van der Waals surface area (Å²) in [6.07, 6.45) is 3.66. The molecule has 0 unspecified atom stereocenters. The number of carbonyl (C=O) groups is 1. The molecule has 1 aliphatic heterocycles. The maximum atomic E-state index is 12.2. The number of hydrogen-bond donors (Lipinski definition) is 1. The summed E-state index contributed by atoms with van der Waals surface area (Å²) in [4.78, 5) is 14.7. The van der Waals surface area contributed by atoms with Crippen molar-refractivity contribution in [2.45, 2.75) is 31.3 Å². The summed E-state index contributed by atoms with van der Waals surface area (Å²) < 4.78 is 5.75. The lowest BCUT2D eigenvalue weighted by Gasteiger charge is -2.16. The molecule has 126 valence electrons. The van der Waals surface area contributed by atoms with Crippen LogP contribution in [0.1, 0.15) is 19.3 Å². The first-order valence-corrected chi connectivity index (χ1v) is 8.92. The van der Waals surface area contributed by atoms with E-state index in [1.54, 1.807) is 0 Å². The average Bonchev–Trinajstić information content (AvgIpc) is 3.35. The van der Waals surface area contributed by atoms with Crippen LogP contribution < -0.4 is 10.1 Å². The van der Waals surface area contributed by atoms with Crippen LogP contribution in [-0.2, 0) is 4.79 Å². The molecule has 1 N–H and O–H groups in total. The Morgan fingerprint density at radius 3 is 2.75 bits per heavy atom. The molecule has 4 nitrogen and oxygen atoms in total. The van der Waals surface area contributed by atoms with Crippen molar-refractivity contribution in [3.05, 3.63) is 41.4 Å². The first-order chi connectivity index (χ1) is 11.7. The smallest absolute Gasteiger partial charge is 0.258 e. The minimum Gasteiger partial charge on any atom is -0.483 e. The third-order valence-corrected chi connectivity index (χ3v) is 5.17. The van der Waals surface area contributed by atoms with Gasteiger partial charge in [-0.1, -0.05) is 35.9 Å². The lowest BCUT2D eigenvalue weighted by molar-refractivity contribution is -0.123. The van der Waals surface area contributed by atoms with Gasteiger partial charge >= 0.3 is 0 Å². The molecule has 0 radical (unpaired) electrons. The van der Waals surface area contributed by atoms with Crippen LogP contribution in [0.5, 0.6) is 5.75 Å². The van der Waals surface area contributed by atoms with Gasteiger partial charge in [0.1, 0.15) is 5.75 Å². The number of halogens is 1. The van der Waals surface area contributed by atoms with Crippen molar-refractivity contribution in [1.82, 2.24) is 10.2 Å². The number of nitrogens with zero attached hydrogens (tertiary/aromatic N) is 1. The summed E-state index contributed by atoms with van der Waals surface area (Å²) in [5.74, 6) is 0.632. The second-order valence-electron chi connectivity index (χ2n) is 6.66. The molecule has 0 aromatic heterocycles. The van der Waals surface area contributed by atoms with E-state index in [9.17, 15) is 4.79 Å². The molecule has 1 saturated heterocycles. The van der Waals surface area contributed by atoms with Crippen molar-refractivity contribution in [3.8, 4) is 5.75 Å². The van der Waals surface area contributed by atoms with Crippen molar-refractivity contribution in [3.63, 3.8) is 0 Å². The summed E-state index contributed by atoms with van der Waals surface area (Å²) in [6, 6.07) is 12.4. The maximum absolute atomic E-state index is 12.2. The Morgan fingerprint density at radius 1 is 1.17 bits per heavy atom. The van der Waals surface area contributed by atoms with Crippen LogP contribution in [0, 0.1) is 0 Å². The van der Waals surface area contributed by atoms with E-state index in [0.717, 1.165) is 36.3 Å². The van der Waals surface area contributed by atoms with Gasteiger partial charge in [0.15, 0.2) is 6.61 Å². The van der Waals surface area contributed by atoms with Gasteiger partial charge in [0.05, 0.1) is 0 Å². The molecular weight excluding hydrogens is 324 g/mol. The van der Waals surface area contributed by atoms with Crippen LogP contribution in [0.15, 0.2) is 36.4 Å². The molecule has 2 aromatic carbocycles. The first kappa shape index (κ1) is 15.7. The summed E-state index contributed by atoms with van der Waals surface area (Å²) in [5, 5.41) is 5.65. The molecule has 1 saturated carbocycles. The molecule has 5 heteroatoms. The number of ether oxygens (including phenoxy) is 1. The number of nitrogens with one attached hydrogen (secondary N) is 1. The summed E-state index contributed by atoms with van der Waals surface area (Å²) in [7, 11) is 0. The van der Waals surface area contributed by atoms with Gasteiger partial charge in [0, 0.05) is 41.0 Å². The van der Waals surface area contributed by atoms with Gasteiger partial charge in [0.25, 0.3) is 5.91 Å². The Morgan fingerprint density at radius 2 is 1.96 bits per heavy atom. The lowest BCUT2D eigenvalue weighted by Crippen LogP contribution is -2.39. The van der Waals surface area contributed by atoms with Gasteiger partial charge < -0.3 is 10.1 Å². The van der Waals surface area contributed by atoms with E-state index >= 15 is 0 Å². The Balaban J connectivity index is 1.35. The van der Waals surface area contributed by atoms with E-state index in [4.69, 9.17) is 16.3 Å². The monoisotopic (exact) mass is 344 g/mol. The fourth-order valence-electron chi connectivity index (χ4n) is 3.45. The Bertz CT molecular complexity index is 760.